The van der Waals surface area contributed by atoms with Crippen LogP contribution < -0.4 is 11.5 Å². The maximum absolute atomic E-state index is 10.7. The Labute approximate surface area is 113 Å². The van der Waals surface area contributed by atoms with Gasteiger partial charge in [0.2, 0.25) is 0 Å². The molecule has 1 aromatic carbocycles. The zero-order chi connectivity index (χ0) is 12.3. The number of nitrogens with zero attached hydrogens (tertiary/aromatic N) is 1. The number of halogens is 2. The molecule has 0 aliphatic rings. The first kappa shape index (κ1) is 16.1. The van der Waals surface area contributed by atoms with Crippen LogP contribution in [0.3, 0.4) is 0 Å². The van der Waals surface area contributed by atoms with Crippen LogP contribution in [-0.4, -0.2) is 16.6 Å². The molecule has 0 saturated carbocycles. The minimum Gasteiger partial charge on any atom is -0.502 e. The van der Waals surface area contributed by atoms with E-state index in [-0.39, 0.29) is 18.1 Å². The van der Waals surface area contributed by atoms with Gasteiger partial charge in [-0.2, -0.15) is 0 Å². The fourth-order valence-electron chi connectivity index (χ4n) is 1.36. The summed E-state index contributed by atoms with van der Waals surface area (Å²) in [6.45, 7) is 0.348. The quantitative estimate of drug-likeness (QED) is 0.576. The predicted molar refractivity (Wildman–Crippen MR) is 70.3 cm³/mol. The first-order chi connectivity index (χ1) is 7.47. The highest BCUT2D eigenvalue weighted by Gasteiger charge is 2.21. The number of hydrogen-bond acceptors (Lipinski definition) is 5. The lowest BCUT2D eigenvalue weighted by Gasteiger charge is -2.12. The Balaban J connectivity index is 0.00000256. The van der Waals surface area contributed by atoms with Gasteiger partial charge in [-0.05, 0) is 19.0 Å². The third-order valence-electron chi connectivity index (χ3n) is 2.16. The van der Waals surface area contributed by atoms with Gasteiger partial charge in [0.25, 0.3) is 0 Å². The Morgan fingerprint density at radius 3 is 2.59 bits per heavy atom. The fourth-order valence-corrected chi connectivity index (χ4v) is 1.83. The van der Waals surface area contributed by atoms with E-state index in [4.69, 9.17) is 11.5 Å². The topological polar surface area (TPSA) is 115 Å². The van der Waals surface area contributed by atoms with E-state index in [1.165, 1.54) is 6.07 Å². The zero-order valence-corrected chi connectivity index (χ0v) is 11.2. The summed E-state index contributed by atoms with van der Waals surface area (Å²) in [5, 5.41) is 20.4. The Kier molecular flexibility index (Phi) is 6.40. The maximum Gasteiger partial charge on any atom is 0.312 e. The molecule has 5 N–H and O–H groups in total. The van der Waals surface area contributed by atoms with Crippen LogP contribution in [0.5, 0.6) is 5.75 Å². The number of nitrogens with two attached hydrogens (primary N) is 2. The minimum absolute atomic E-state index is 0. The van der Waals surface area contributed by atoms with Crippen molar-refractivity contribution in [2.75, 3.05) is 6.54 Å². The Bertz CT molecular complexity index is 417. The lowest BCUT2D eigenvalue weighted by Crippen LogP contribution is -2.15. The van der Waals surface area contributed by atoms with E-state index >= 15 is 0 Å². The van der Waals surface area contributed by atoms with Gasteiger partial charge in [-0.1, -0.05) is 15.9 Å². The standard InChI is InChI=1S/C9H12BrN3O3.ClH/c10-5-3-6(7(12)1-2-11)9(14)8(4-5)13(15)16;/h3-4,7,14H,1-2,11-12H2;1H/t7-;/m0./s1. The normalized spacial score (nSPS) is 11.7. The van der Waals surface area contributed by atoms with Gasteiger partial charge in [-0.3, -0.25) is 10.1 Å². The maximum atomic E-state index is 10.7. The first-order valence-corrected chi connectivity index (χ1v) is 5.39. The van der Waals surface area contributed by atoms with Crippen molar-refractivity contribution in [2.24, 2.45) is 11.5 Å². The van der Waals surface area contributed by atoms with Gasteiger partial charge in [-0.25, -0.2) is 0 Å². The van der Waals surface area contributed by atoms with Gasteiger partial charge in [0.1, 0.15) is 0 Å². The number of rotatable bonds is 4. The molecule has 0 fully saturated rings. The Hall–Kier alpha value is -0.890. The summed E-state index contributed by atoms with van der Waals surface area (Å²) in [6, 6.07) is 2.28. The second-order valence-electron chi connectivity index (χ2n) is 3.30. The molecule has 0 aliphatic carbocycles. The average molecular weight is 327 g/mol. The van der Waals surface area contributed by atoms with Gasteiger partial charge in [0.15, 0.2) is 5.75 Å². The molecule has 1 atom stereocenters. The van der Waals surface area contributed by atoms with E-state index in [2.05, 4.69) is 15.9 Å². The van der Waals surface area contributed by atoms with Crippen LogP contribution in [0.4, 0.5) is 5.69 Å². The molecular formula is C9H13BrClN3O3. The molecular weight excluding hydrogens is 313 g/mol. The van der Waals surface area contributed by atoms with Crippen LogP contribution in [0, 0.1) is 10.1 Å². The van der Waals surface area contributed by atoms with Crippen molar-refractivity contribution in [1.82, 2.24) is 0 Å². The molecule has 0 bridgehead atoms. The van der Waals surface area contributed by atoms with Crippen LogP contribution in [-0.2, 0) is 0 Å². The third-order valence-corrected chi connectivity index (χ3v) is 2.62. The first-order valence-electron chi connectivity index (χ1n) is 4.59. The van der Waals surface area contributed by atoms with Gasteiger partial charge < -0.3 is 16.6 Å². The molecule has 0 saturated heterocycles. The third kappa shape index (κ3) is 3.81. The second-order valence-corrected chi connectivity index (χ2v) is 4.22. The Morgan fingerprint density at radius 1 is 1.53 bits per heavy atom. The minimum atomic E-state index is -0.654. The fraction of sp³-hybridized carbons (Fsp3) is 0.333. The highest BCUT2D eigenvalue weighted by Crippen LogP contribution is 2.36. The molecule has 0 amide bonds. The monoisotopic (exact) mass is 325 g/mol. The number of nitro benzene ring substituents is 1. The summed E-state index contributed by atoms with van der Waals surface area (Å²) >= 11 is 3.13. The number of phenols is 1. The number of phenolic OH excluding ortho intramolecular Hbond substituents is 1. The van der Waals surface area contributed by atoms with Crippen LogP contribution in [0.25, 0.3) is 0 Å². The average Bonchev–Trinajstić information content (AvgIpc) is 2.20. The van der Waals surface area contributed by atoms with Crippen molar-refractivity contribution in [3.05, 3.63) is 32.3 Å². The van der Waals surface area contributed by atoms with Crippen molar-refractivity contribution in [3.8, 4) is 5.75 Å². The molecule has 0 unspecified atom stereocenters. The van der Waals surface area contributed by atoms with Gasteiger partial charge >= 0.3 is 5.69 Å². The SMILES string of the molecule is Cl.NCC[C@H](N)c1cc(Br)cc([N+](=O)[O-])c1O. The van der Waals surface area contributed by atoms with E-state index in [0.29, 0.717) is 23.0 Å². The lowest BCUT2D eigenvalue weighted by molar-refractivity contribution is -0.386. The van der Waals surface area contributed by atoms with Crippen LogP contribution in [0.1, 0.15) is 18.0 Å². The summed E-state index contributed by atoms with van der Waals surface area (Å²) in [5.41, 5.74) is 11.1. The van der Waals surface area contributed by atoms with Gasteiger partial charge in [-0.15, -0.1) is 12.4 Å². The largest absolute Gasteiger partial charge is 0.502 e. The number of nitro groups is 1. The lowest BCUT2D eigenvalue weighted by atomic mass is 10.0. The molecule has 1 rings (SSSR count). The predicted octanol–water partition coefficient (Wildman–Crippen LogP) is 1.83. The summed E-state index contributed by atoms with van der Waals surface area (Å²) in [5.74, 6) is -0.394. The molecule has 6 nitrogen and oxygen atoms in total. The van der Waals surface area contributed by atoms with Crippen LogP contribution in [0.2, 0.25) is 0 Å². The van der Waals surface area contributed by atoms with Crippen molar-refractivity contribution in [3.63, 3.8) is 0 Å². The van der Waals surface area contributed by atoms with Crippen LogP contribution >= 0.6 is 28.3 Å². The number of aromatic hydroxyl groups is 1. The van der Waals surface area contributed by atoms with E-state index in [1.54, 1.807) is 6.07 Å². The number of hydrogen-bond donors (Lipinski definition) is 3. The Morgan fingerprint density at radius 2 is 2.12 bits per heavy atom. The summed E-state index contributed by atoms with van der Waals surface area (Å²) in [6.07, 6.45) is 0.446. The molecule has 0 radical (unpaired) electrons. The van der Waals surface area contributed by atoms with E-state index in [0.717, 1.165) is 0 Å². The van der Waals surface area contributed by atoms with Gasteiger partial charge in [0.05, 0.1) is 4.92 Å². The van der Waals surface area contributed by atoms with Crippen molar-refractivity contribution in [2.45, 2.75) is 12.5 Å². The van der Waals surface area contributed by atoms with Crippen molar-refractivity contribution < 1.29 is 10.0 Å². The second kappa shape index (κ2) is 6.75. The highest BCUT2D eigenvalue weighted by atomic mass is 79.9. The summed E-state index contributed by atoms with van der Waals surface area (Å²) in [7, 11) is 0. The van der Waals surface area contributed by atoms with E-state index < -0.39 is 16.7 Å². The highest BCUT2D eigenvalue weighted by molar-refractivity contribution is 9.10. The van der Waals surface area contributed by atoms with Gasteiger partial charge in [0, 0.05) is 22.1 Å². The molecule has 0 heterocycles. The smallest absolute Gasteiger partial charge is 0.312 e. The van der Waals surface area contributed by atoms with Crippen molar-refractivity contribution >= 4 is 34.0 Å². The molecule has 17 heavy (non-hydrogen) atoms. The summed E-state index contributed by atoms with van der Waals surface area (Å²) < 4.78 is 0.500. The molecule has 8 heteroatoms. The van der Waals surface area contributed by atoms with Crippen molar-refractivity contribution in [1.29, 1.82) is 0 Å². The van der Waals surface area contributed by atoms with E-state index in [9.17, 15) is 15.2 Å². The molecule has 0 aliphatic heterocycles. The molecule has 0 spiro atoms. The zero-order valence-electron chi connectivity index (χ0n) is 8.80. The molecule has 0 aromatic heterocycles. The molecule has 96 valence electrons. The summed E-state index contributed by atoms with van der Waals surface area (Å²) in [4.78, 5) is 10.0. The number of benzene rings is 1. The van der Waals surface area contributed by atoms with E-state index in [1.807, 2.05) is 0 Å². The molecule has 1 aromatic rings. The van der Waals surface area contributed by atoms with Crippen LogP contribution in [0.15, 0.2) is 16.6 Å².